The van der Waals surface area contributed by atoms with Gasteiger partial charge in [0.2, 0.25) is 23.1 Å². The number of carbonyl (C=O) groups is 5. The molecule has 0 aromatic heterocycles. The van der Waals surface area contributed by atoms with Gasteiger partial charge in [-0.3, -0.25) is 28.8 Å². The monoisotopic (exact) mass is 1400 g/mol. The van der Waals surface area contributed by atoms with E-state index in [9.17, 15) is 49.5 Å². The van der Waals surface area contributed by atoms with Gasteiger partial charge >= 0.3 is 0 Å². The van der Waals surface area contributed by atoms with Crippen molar-refractivity contribution < 1.29 is 106 Å². The summed E-state index contributed by atoms with van der Waals surface area (Å²) in [6, 6.07) is -1.31. The zero-order valence-corrected chi connectivity index (χ0v) is 59.6. The normalized spacial score (nSPS) is 33.3. The van der Waals surface area contributed by atoms with Crippen LogP contribution in [0.2, 0.25) is 0 Å². The van der Waals surface area contributed by atoms with Gasteiger partial charge in [-0.15, -0.1) is 0 Å². The number of fused-ring (bicyclic) bond motifs is 2. The Morgan fingerprint density at radius 3 is 2.20 bits per heavy atom. The molecule has 25 nitrogen and oxygen atoms in total. The first-order valence-electron chi connectivity index (χ1n) is 32.6. The molecule has 8 N–H and O–H groups in total. The number of thioether (sulfide) groups is 1. The van der Waals surface area contributed by atoms with Gasteiger partial charge in [-0.2, -0.15) is 5.48 Å². The molecule has 0 saturated carbocycles. The third-order valence-electron chi connectivity index (χ3n) is 17.7. The molecule has 534 valence electrons. The van der Waals surface area contributed by atoms with E-state index in [0.29, 0.717) is 48.7 Å². The highest BCUT2D eigenvalue weighted by Crippen LogP contribution is 2.49. The Kier molecular flexibility index (Phi) is 30.2. The van der Waals surface area contributed by atoms with Crippen LogP contribution in [0.1, 0.15) is 122 Å². The predicted octanol–water partition coefficient (Wildman–Crippen LogP) is 4.44. The summed E-state index contributed by atoms with van der Waals surface area (Å²) in [4.78, 5) is 74.4. The molecule has 0 spiro atoms. The fourth-order valence-corrected chi connectivity index (χ4v) is 15.7. The van der Waals surface area contributed by atoms with Crippen molar-refractivity contribution in [2.45, 2.75) is 229 Å². The van der Waals surface area contributed by atoms with Crippen LogP contribution in [-0.4, -0.2) is 229 Å². The minimum atomic E-state index is -2.10. The van der Waals surface area contributed by atoms with Crippen LogP contribution in [0.3, 0.4) is 0 Å². The zero-order chi connectivity index (χ0) is 70.3. The van der Waals surface area contributed by atoms with Crippen molar-refractivity contribution in [3.8, 4) is 40.9 Å². The second kappa shape index (κ2) is 36.7. The lowest BCUT2D eigenvalue weighted by Crippen LogP contribution is -2.65. The lowest BCUT2D eigenvalue weighted by Gasteiger charge is -2.46. The Balaban J connectivity index is 1.12. The molecule has 4 aliphatic heterocycles. The van der Waals surface area contributed by atoms with Gasteiger partial charge in [0.25, 0.3) is 0 Å². The molecule has 7 rings (SSSR count). The lowest BCUT2D eigenvalue weighted by molar-refractivity contribution is -0.336. The smallest absolute Gasteiger partial charge is 0.229 e. The van der Waals surface area contributed by atoms with E-state index in [1.54, 1.807) is 47.8 Å². The predicted molar refractivity (Wildman–Crippen MR) is 359 cm³/mol. The number of ether oxygens (including phenoxy) is 11. The number of hydrogen-bond acceptors (Lipinski definition) is 27. The highest BCUT2D eigenvalue weighted by molar-refractivity contribution is 8.76. The summed E-state index contributed by atoms with van der Waals surface area (Å²) in [7, 11) is 8.37. The van der Waals surface area contributed by atoms with Crippen molar-refractivity contribution in [2.75, 3.05) is 59.6 Å². The molecule has 1 amide bonds. The number of likely N-dealkylation sites (N-methyl/N-ethyl adjacent to an activating group) is 1. The van der Waals surface area contributed by atoms with Gasteiger partial charge in [-0.25, -0.2) is 0 Å². The van der Waals surface area contributed by atoms with Gasteiger partial charge in [0, 0.05) is 81.1 Å². The van der Waals surface area contributed by atoms with Gasteiger partial charge < -0.3 is 88.3 Å². The Hall–Kier alpha value is -4.48. The number of hydrogen-bond donors (Lipinski definition) is 8. The maximum Gasteiger partial charge on any atom is 0.229 e. The number of rotatable bonds is 31. The Morgan fingerprint density at radius 2 is 1.54 bits per heavy atom. The SMILES string of the molecule is CCNC(=O)[C@H](CSSC/C=C1\C2=C(CC(C)=O)C(=O)C[C@@]1(O)C#C/C=C\C#C[C@@H]2O[C@@H]1O[C@H](C)[C@@H](NO[C@H]2C[C@H](O)[C@H](SC(=O)c3c(C)c(C)c(O[C@@H]4O[C@@H](C)[C@H](O)[C@@H](OC)[C@H]4O)c(OC)c3OC)[C@@H](C)O2)[C@H](O)[C@H]1O[C@H]1C[C@H](OC)[C@@H](NCC)CO1)CC(=O)CCC(C)C. The molecular formula is C68H97N3O22S3. The summed E-state index contributed by atoms with van der Waals surface area (Å²) in [5.41, 5.74) is 2.12. The Morgan fingerprint density at radius 1 is 0.823 bits per heavy atom. The van der Waals surface area contributed by atoms with E-state index < -0.39 is 126 Å². The van der Waals surface area contributed by atoms with Gasteiger partial charge in [0.05, 0.1) is 86.6 Å². The first-order valence-corrected chi connectivity index (χ1v) is 36.0. The summed E-state index contributed by atoms with van der Waals surface area (Å²) in [5.74, 6) is 11.0. The molecule has 1 aromatic carbocycles. The van der Waals surface area contributed by atoms with Crippen LogP contribution in [0.5, 0.6) is 17.2 Å². The van der Waals surface area contributed by atoms with Crippen molar-refractivity contribution in [1.29, 1.82) is 0 Å². The van der Waals surface area contributed by atoms with E-state index >= 15 is 0 Å². The molecule has 1 aromatic rings. The minimum absolute atomic E-state index is 0.00284. The molecule has 4 saturated heterocycles. The largest absolute Gasteiger partial charge is 0.492 e. The van der Waals surface area contributed by atoms with Crippen LogP contribution in [0.4, 0.5) is 0 Å². The van der Waals surface area contributed by atoms with Crippen LogP contribution in [0.25, 0.3) is 0 Å². The van der Waals surface area contributed by atoms with Gasteiger partial charge in [0.1, 0.15) is 48.2 Å². The van der Waals surface area contributed by atoms with Crippen LogP contribution in [-0.2, 0) is 61.9 Å². The molecule has 28 heteroatoms. The molecule has 2 bridgehead atoms. The van der Waals surface area contributed by atoms with E-state index in [-0.39, 0.29) is 107 Å². The fourth-order valence-electron chi connectivity index (χ4n) is 12.4. The maximum absolute atomic E-state index is 14.5. The number of aliphatic hydroxyl groups excluding tert-OH is 4. The second-order valence-corrected chi connectivity index (χ2v) is 28.8. The number of benzene rings is 1. The first kappa shape index (κ1) is 78.9. The van der Waals surface area contributed by atoms with E-state index in [2.05, 4.69) is 39.8 Å². The zero-order valence-electron chi connectivity index (χ0n) is 57.2. The number of Topliss-reactive ketones (excluding diaryl/α,β-unsaturated/α-hetero) is 3. The number of carbonyl (C=O) groups excluding carboxylic acids is 5. The number of aliphatic hydroxyl groups is 5. The molecular weight excluding hydrogens is 1310 g/mol. The molecule has 4 heterocycles. The molecule has 20 atom stereocenters. The van der Waals surface area contributed by atoms with Crippen LogP contribution in [0, 0.1) is 49.4 Å². The van der Waals surface area contributed by atoms with Gasteiger partial charge in [-0.05, 0) is 90.6 Å². The summed E-state index contributed by atoms with van der Waals surface area (Å²) < 4.78 is 67.7. The van der Waals surface area contributed by atoms with Crippen molar-refractivity contribution in [2.24, 2.45) is 11.8 Å². The third-order valence-corrected chi connectivity index (χ3v) is 21.4. The molecule has 96 heavy (non-hydrogen) atoms. The number of amides is 1. The second-order valence-electron chi connectivity index (χ2n) is 25.1. The number of hydroxylamine groups is 1. The van der Waals surface area contributed by atoms with E-state index in [1.807, 2.05) is 27.7 Å². The van der Waals surface area contributed by atoms with E-state index in [0.717, 1.165) is 11.8 Å². The lowest BCUT2D eigenvalue weighted by atomic mass is 9.72. The van der Waals surface area contributed by atoms with E-state index in [1.165, 1.54) is 62.0 Å². The Bertz CT molecular complexity index is 3100. The topological polar surface area (TPSA) is 333 Å². The summed E-state index contributed by atoms with van der Waals surface area (Å²) in [5, 5.41) is 63.6. The highest BCUT2D eigenvalue weighted by atomic mass is 33.1. The van der Waals surface area contributed by atoms with Crippen LogP contribution >= 0.6 is 33.3 Å². The van der Waals surface area contributed by atoms with Crippen LogP contribution in [0.15, 0.2) is 34.9 Å². The van der Waals surface area contributed by atoms with Gasteiger partial charge in [-0.1, -0.05) is 83.9 Å². The molecule has 0 unspecified atom stereocenters. The molecule has 4 fully saturated rings. The molecule has 2 aliphatic carbocycles. The summed E-state index contributed by atoms with van der Waals surface area (Å²) >= 11 is 0.827. The first-order chi connectivity index (χ1) is 45.7. The van der Waals surface area contributed by atoms with Crippen molar-refractivity contribution in [3.05, 3.63) is 51.6 Å². The van der Waals surface area contributed by atoms with Crippen molar-refractivity contribution in [3.63, 3.8) is 0 Å². The van der Waals surface area contributed by atoms with Crippen LogP contribution < -0.4 is 30.3 Å². The maximum atomic E-state index is 14.5. The highest BCUT2D eigenvalue weighted by Gasteiger charge is 2.52. The average molecular weight is 1400 g/mol. The fraction of sp³-hybridized carbons (Fsp3) is 0.691. The standard InChI is InChI=1S/C68H97N3O22S3/c1-15-69-45-32-86-50(30-49(45)82-11)91-61-56(77)54(71-93-51-29-46(74)63(40(10)87-51)96-65(80)52-36(6)37(7)58(62(85-14)59(52)83-12)92-66-57(78)60(84-13)55(76)39(9)89-66)38(8)88-67(61)90-48-21-19-17-18-20-25-68(81)31-47(75)43(27-35(5)72)53(48)44(68)24-26-94-95-33-41(64(79)70-16-2)28-42(73)23-22-34(3)4/h17-18,24,34,38-41,45-46,48-51,54-57,60-61,63,66-67,69,71,74,76-78,81H,15-16,22-23,26-33H2,1-14H3,(H,70,79)/b18-17-,44-24+/t38-,39+,40-,41+,45+,46+,48+,49+,50+,51+,54-,55+,56+,57-,60-,61-,63-,66+,67+,68+/m1/s1. The molecule has 0 radical (unpaired) electrons. The molecule has 6 aliphatic rings. The van der Waals surface area contributed by atoms with E-state index in [4.69, 9.17) is 56.9 Å². The Labute approximate surface area is 574 Å². The average Bonchev–Trinajstić information content (AvgIpc) is 0.760. The van der Waals surface area contributed by atoms with Crippen molar-refractivity contribution in [1.82, 2.24) is 16.1 Å². The summed E-state index contributed by atoms with van der Waals surface area (Å²) in [6.07, 6.45) is -12.2. The number of methoxy groups -OCH3 is 4. The number of nitrogens with one attached hydrogen (secondary N) is 3. The minimum Gasteiger partial charge on any atom is -0.492 e. The quantitative estimate of drug-likeness (QED) is 0.0220. The number of ketones is 3. The number of allylic oxidation sites excluding steroid dienone is 3. The van der Waals surface area contributed by atoms with Crippen molar-refractivity contribution >= 4 is 61.7 Å². The third kappa shape index (κ3) is 19.5. The summed E-state index contributed by atoms with van der Waals surface area (Å²) in [6.45, 7) is 18.7. The van der Waals surface area contributed by atoms with Gasteiger partial charge in [0.15, 0.2) is 41.8 Å².